The Bertz CT molecular complexity index is 608. The van der Waals surface area contributed by atoms with Crippen LogP contribution in [0, 0.1) is 6.92 Å². The van der Waals surface area contributed by atoms with Gasteiger partial charge >= 0.3 is 6.18 Å². The largest absolute Gasteiger partial charge is 0.416 e. The standard InChI is InChI=1S/C13H17F3N2O2S/c1-9-4-5-10(13(14,15)16)7-12(9)21(19,20)18-8-11-3-2-6-17-11/h4-5,7,11,17-18H,2-3,6,8H2,1H3. The van der Waals surface area contributed by atoms with Crippen molar-refractivity contribution in [3.05, 3.63) is 29.3 Å². The van der Waals surface area contributed by atoms with Gasteiger partial charge in [-0.05, 0) is 44.0 Å². The van der Waals surface area contributed by atoms with Gasteiger partial charge < -0.3 is 5.32 Å². The monoisotopic (exact) mass is 322 g/mol. The average Bonchev–Trinajstić information content (AvgIpc) is 2.88. The quantitative estimate of drug-likeness (QED) is 0.892. The van der Waals surface area contributed by atoms with Gasteiger partial charge in [-0.15, -0.1) is 0 Å². The molecule has 1 atom stereocenters. The van der Waals surface area contributed by atoms with Crippen LogP contribution < -0.4 is 10.0 Å². The molecule has 1 aliphatic heterocycles. The van der Waals surface area contributed by atoms with Gasteiger partial charge in [0.15, 0.2) is 0 Å². The molecule has 0 saturated carbocycles. The number of nitrogens with one attached hydrogen (secondary N) is 2. The summed E-state index contributed by atoms with van der Waals surface area (Å²) in [6.07, 6.45) is -2.75. The fraction of sp³-hybridized carbons (Fsp3) is 0.538. The van der Waals surface area contributed by atoms with Crippen molar-refractivity contribution in [1.29, 1.82) is 0 Å². The Morgan fingerprint density at radius 3 is 2.67 bits per heavy atom. The Morgan fingerprint density at radius 2 is 2.10 bits per heavy atom. The van der Waals surface area contributed by atoms with Crippen LogP contribution in [0.25, 0.3) is 0 Å². The molecule has 2 rings (SSSR count). The SMILES string of the molecule is Cc1ccc(C(F)(F)F)cc1S(=O)(=O)NCC1CCCN1. The lowest BCUT2D eigenvalue weighted by atomic mass is 10.1. The minimum Gasteiger partial charge on any atom is -0.313 e. The van der Waals surface area contributed by atoms with Crippen molar-refractivity contribution in [3.8, 4) is 0 Å². The highest BCUT2D eigenvalue weighted by atomic mass is 32.2. The van der Waals surface area contributed by atoms with Gasteiger partial charge in [0, 0.05) is 12.6 Å². The lowest BCUT2D eigenvalue weighted by Gasteiger charge is -2.15. The number of aryl methyl sites for hydroxylation is 1. The third-order valence-corrected chi connectivity index (χ3v) is 5.05. The summed E-state index contributed by atoms with van der Waals surface area (Å²) in [5.41, 5.74) is -0.678. The molecule has 1 aromatic carbocycles. The molecule has 21 heavy (non-hydrogen) atoms. The van der Waals surface area contributed by atoms with E-state index in [2.05, 4.69) is 10.0 Å². The highest BCUT2D eigenvalue weighted by Gasteiger charge is 2.32. The molecule has 8 heteroatoms. The first kappa shape index (κ1) is 16.3. The first-order valence-corrected chi connectivity index (χ1v) is 8.09. The molecule has 0 aliphatic carbocycles. The summed E-state index contributed by atoms with van der Waals surface area (Å²) in [5.74, 6) is 0. The predicted octanol–water partition coefficient (Wildman–Crippen LogP) is 2.04. The van der Waals surface area contributed by atoms with Gasteiger partial charge in [-0.25, -0.2) is 13.1 Å². The van der Waals surface area contributed by atoms with Crippen LogP contribution in [0.2, 0.25) is 0 Å². The Labute approximate surface area is 121 Å². The molecule has 0 aromatic heterocycles. The van der Waals surface area contributed by atoms with Crippen LogP contribution in [0.3, 0.4) is 0 Å². The van der Waals surface area contributed by atoms with E-state index in [1.54, 1.807) is 0 Å². The molecule has 118 valence electrons. The predicted molar refractivity (Wildman–Crippen MR) is 72.4 cm³/mol. The van der Waals surface area contributed by atoms with E-state index in [1.807, 2.05) is 0 Å². The van der Waals surface area contributed by atoms with Crippen molar-refractivity contribution < 1.29 is 21.6 Å². The van der Waals surface area contributed by atoms with E-state index in [9.17, 15) is 21.6 Å². The number of rotatable bonds is 4. The maximum absolute atomic E-state index is 12.7. The van der Waals surface area contributed by atoms with Crippen LogP contribution in [-0.2, 0) is 16.2 Å². The number of halogens is 3. The van der Waals surface area contributed by atoms with Crippen molar-refractivity contribution in [2.75, 3.05) is 13.1 Å². The normalized spacial score (nSPS) is 19.9. The highest BCUT2D eigenvalue weighted by molar-refractivity contribution is 7.89. The first-order valence-electron chi connectivity index (χ1n) is 6.61. The van der Waals surface area contributed by atoms with Crippen LogP contribution >= 0.6 is 0 Å². The van der Waals surface area contributed by atoms with E-state index in [0.29, 0.717) is 6.07 Å². The van der Waals surface area contributed by atoms with E-state index in [0.717, 1.165) is 25.5 Å². The maximum Gasteiger partial charge on any atom is 0.416 e. The van der Waals surface area contributed by atoms with Gasteiger partial charge in [0.05, 0.1) is 10.5 Å². The van der Waals surface area contributed by atoms with Crippen LogP contribution in [0.15, 0.2) is 23.1 Å². The highest BCUT2D eigenvalue weighted by Crippen LogP contribution is 2.31. The van der Waals surface area contributed by atoms with Gasteiger partial charge in [-0.3, -0.25) is 0 Å². The Kier molecular flexibility index (Phi) is 4.60. The lowest BCUT2D eigenvalue weighted by molar-refractivity contribution is -0.137. The van der Waals surface area contributed by atoms with Gasteiger partial charge in [-0.2, -0.15) is 13.2 Å². The smallest absolute Gasteiger partial charge is 0.313 e. The van der Waals surface area contributed by atoms with Crippen LogP contribution in [0.1, 0.15) is 24.0 Å². The summed E-state index contributed by atoms with van der Waals surface area (Å²) in [6.45, 7) is 2.48. The average molecular weight is 322 g/mol. The van der Waals surface area contributed by atoms with Gasteiger partial charge in [-0.1, -0.05) is 6.07 Å². The molecular weight excluding hydrogens is 305 g/mol. The molecule has 1 fully saturated rings. The zero-order valence-corrected chi connectivity index (χ0v) is 12.3. The zero-order valence-electron chi connectivity index (χ0n) is 11.5. The molecule has 0 spiro atoms. The second-order valence-corrected chi connectivity index (χ2v) is 6.86. The molecule has 2 N–H and O–H groups in total. The summed E-state index contributed by atoms with van der Waals surface area (Å²) in [6, 6.07) is 2.77. The van der Waals surface area contributed by atoms with Crippen molar-refractivity contribution in [3.63, 3.8) is 0 Å². The van der Waals surface area contributed by atoms with Gasteiger partial charge in [0.25, 0.3) is 0 Å². The minimum absolute atomic E-state index is 0.0332. The summed E-state index contributed by atoms with van der Waals surface area (Å²) in [5, 5.41) is 3.12. The van der Waals surface area contributed by atoms with Gasteiger partial charge in [0.2, 0.25) is 10.0 Å². The van der Waals surface area contributed by atoms with Crippen molar-refractivity contribution in [1.82, 2.24) is 10.0 Å². The van der Waals surface area contributed by atoms with Crippen LogP contribution in [0.5, 0.6) is 0 Å². The summed E-state index contributed by atoms with van der Waals surface area (Å²) in [7, 11) is -3.95. The molecule has 4 nitrogen and oxygen atoms in total. The fourth-order valence-electron chi connectivity index (χ4n) is 2.28. The van der Waals surface area contributed by atoms with E-state index >= 15 is 0 Å². The topological polar surface area (TPSA) is 58.2 Å². The molecule has 1 aromatic rings. The first-order chi connectivity index (χ1) is 9.70. The number of hydrogen-bond acceptors (Lipinski definition) is 3. The van der Waals surface area contributed by atoms with E-state index in [-0.39, 0.29) is 23.0 Å². The third kappa shape index (κ3) is 3.96. The second-order valence-electron chi connectivity index (χ2n) is 5.12. The van der Waals surface area contributed by atoms with E-state index < -0.39 is 21.8 Å². The molecule has 0 radical (unpaired) electrons. The summed E-state index contributed by atoms with van der Waals surface area (Å²) < 4.78 is 64.8. The molecule has 1 aliphatic rings. The molecule has 1 saturated heterocycles. The van der Waals surface area contributed by atoms with Gasteiger partial charge in [0.1, 0.15) is 0 Å². The van der Waals surface area contributed by atoms with Crippen molar-refractivity contribution in [2.24, 2.45) is 0 Å². The maximum atomic E-state index is 12.7. The summed E-state index contributed by atoms with van der Waals surface area (Å²) >= 11 is 0. The Hall–Kier alpha value is -1.12. The van der Waals surface area contributed by atoms with E-state index in [4.69, 9.17) is 0 Å². The minimum atomic E-state index is -4.56. The number of benzene rings is 1. The number of alkyl halides is 3. The molecule has 0 amide bonds. The Morgan fingerprint density at radius 1 is 1.38 bits per heavy atom. The Balaban J connectivity index is 2.22. The van der Waals surface area contributed by atoms with Crippen molar-refractivity contribution in [2.45, 2.75) is 36.9 Å². The number of sulfonamides is 1. The molecule has 1 unspecified atom stereocenters. The fourth-order valence-corrected chi connectivity index (χ4v) is 3.64. The van der Waals surface area contributed by atoms with Crippen LogP contribution in [0.4, 0.5) is 13.2 Å². The zero-order chi connectivity index (χ0) is 15.7. The van der Waals surface area contributed by atoms with Crippen molar-refractivity contribution >= 4 is 10.0 Å². The molecule has 0 bridgehead atoms. The molecule has 1 heterocycles. The van der Waals surface area contributed by atoms with E-state index in [1.165, 1.54) is 13.0 Å². The number of hydrogen-bond donors (Lipinski definition) is 2. The lowest BCUT2D eigenvalue weighted by Crippen LogP contribution is -2.37. The molecular formula is C13H17F3N2O2S. The summed E-state index contributed by atoms with van der Waals surface area (Å²) in [4.78, 5) is -0.324. The second kappa shape index (κ2) is 5.94. The van der Waals surface area contributed by atoms with Crippen LogP contribution in [-0.4, -0.2) is 27.5 Å². The third-order valence-electron chi connectivity index (χ3n) is 3.49.